The van der Waals surface area contributed by atoms with E-state index >= 15 is 0 Å². The second-order valence-corrected chi connectivity index (χ2v) is 7.97. The summed E-state index contributed by atoms with van der Waals surface area (Å²) < 4.78 is 12.3. The number of fused-ring (bicyclic) bond motifs is 2. The van der Waals surface area contributed by atoms with Crippen molar-refractivity contribution < 1.29 is 14.3 Å². The monoisotopic (exact) mass is 436 g/mol. The molecule has 2 aromatic carbocycles. The number of benzene rings is 2. The van der Waals surface area contributed by atoms with Gasteiger partial charge < -0.3 is 19.7 Å². The van der Waals surface area contributed by atoms with Crippen LogP contribution in [0.3, 0.4) is 0 Å². The van der Waals surface area contributed by atoms with Crippen molar-refractivity contribution in [2.75, 3.05) is 40.9 Å². The first-order valence-electron chi connectivity index (χ1n) is 10.7. The molecule has 168 valence electrons. The molecule has 0 bridgehead atoms. The summed E-state index contributed by atoms with van der Waals surface area (Å²) in [4.78, 5) is 32.5. The van der Waals surface area contributed by atoms with Crippen molar-refractivity contribution in [2.45, 2.75) is 19.4 Å². The predicted molar refractivity (Wildman–Crippen MR) is 123 cm³/mol. The molecule has 1 aromatic heterocycles. The minimum Gasteiger partial charge on any atom is -0.493 e. The Morgan fingerprint density at radius 3 is 2.66 bits per heavy atom. The number of carbonyl (C=O) groups excluding carboxylic acids is 1. The number of likely N-dealkylation sites (N-methyl/N-ethyl adjacent to an activating group) is 1. The van der Waals surface area contributed by atoms with Crippen molar-refractivity contribution in [2.24, 2.45) is 0 Å². The number of hydrogen-bond donors (Lipinski definition) is 1. The Hall–Kier alpha value is -3.39. The number of hydrogen-bond acceptors (Lipinski definition) is 6. The molecule has 0 aliphatic carbocycles. The Labute approximate surface area is 186 Å². The van der Waals surface area contributed by atoms with E-state index in [9.17, 15) is 9.59 Å². The van der Waals surface area contributed by atoms with E-state index in [0.29, 0.717) is 53.9 Å². The molecule has 1 N–H and O–H groups in total. The average Bonchev–Trinajstić information content (AvgIpc) is 3.00. The summed E-state index contributed by atoms with van der Waals surface area (Å²) in [7, 11) is 5.24. The molecule has 8 heteroatoms. The van der Waals surface area contributed by atoms with Crippen LogP contribution in [0.4, 0.5) is 0 Å². The number of ether oxygens (including phenoxy) is 2. The van der Waals surface area contributed by atoms with Gasteiger partial charge in [0, 0.05) is 38.2 Å². The van der Waals surface area contributed by atoms with Gasteiger partial charge in [-0.1, -0.05) is 6.07 Å². The summed E-state index contributed by atoms with van der Waals surface area (Å²) in [6, 6.07) is 10.8. The van der Waals surface area contributed by atoms with Crippen LogP contribution in [0, 0.1) is 0 Å². The van der Waals surface area contributed by atoms with Crippen LogP contribution >= 0.6 is 0 Å². The molecule has 1 aliphatic rings. The van der Waals surface area contributed by atoms with Crippen molar-refractivity contribution in [1.29, 1.82) is 0 Å². The van der Waals surface area contributed by atoms with Crippen molar-refractivity contribution in [3.8, 4) is 11.5 Å². The third-order valence-electron chi connectivity index (χ3n) is 5.87. The number of methoxy groups -OCH3 is 2. The Morgan fingerprint density at radius 2 is 1.88 bits per heavy atom. The summed E-state index contributed by atoms with van der Waals surface area (Å²) in [5.41, 5.74) is 2.05. The van der Waals surface area contributed by atoms with Gasteiger partial charge in [0.25, 0.3) is 11.5 Å². The Kier molecular flexibility index (Phi) is 6.41. The highest BCUT2D eigenvalue weighted by Crippen LogP contribution is 2.27. The van der Waals surface area contributed by atoms with E-state index in [1.807, 2.05) is 25.2 Å². The van der Waals surface area contributed by atoms with Gasteiger partial charge in [0.2, 0.25) is 0 Å². The highest BCUT2D eigenvalue weighted by atomic mass is 16.5. The average molecular weight is 437 g/mol. The van der Waals surface area contributed by atoms with Gasteiger partial charge in [0.1, 0.15) is 5.82 Å². The Balaban J connectivity index is 1.48. The normalized spacial score (nSPS) is 14.0. The summed E-state index contributed by atoms with van der Waals surface area (Å²) in [5, 5.41) is 3.48. The fourth-order valence-electron chi connectivity index (χ4n) is 3.96. The zero-order valence-corrected chi connectivity index (χ0v) is 18.7. The van der Waals surface area contributed by atoms with E-state index in [1.54, 1.807) is 37.0 Å². The number of rotatable bonds is 6. The van der Waals surface area contributed by atoms with Crippen molar-refractivity contribution in [3.05, 3.63) is 63.7 Å². The first kappa shape index (κ1) is 21.8. The van der Waals surface area contributed by atoms with Crippen LogP contribution in [0.5, 0.6) is 11.5 Å². The van der Waals surface area contributed by atoms with Crippen LogP contribution in [0.2, 0.25) is 0 Å². The molecule has 8 nitrogen and oxygen atoms in total. The largest absolute Gasteiger partial charge is 0.493 e. The molecule has 0 atom stereocenters. The molecule has 1 aliphatic heterocycles. The fourth-order valence-corrected chi connectivity index (χ4v) is 3.96. The van der Waals surface area contributed by atoms with Crippen LogP contribution in [-0.4, -0.2) is 61.3 Å². The van der Waals surface area contributed by atoms with Gasteiger partial charge >= 0.3 is 0 Å². The van der Waals surface area contributed by atoms with Gasteiger partial charge in [-0.3, -0.25) is 14.2 Å². The van der Waals surface area contributed by atoms with E-state index in [2.05, 4.69) is 10.2 Å². The minimum absolute atomic E-state index is 0.0410. The third-order valence-corrected chi connectivity index (χ3v) is 5.87. The maximum atomic E-state index is 12.9. The lowest BCUT2D eigenvalue weighted by Gasteiger charge is -2.12. The van der Waals surface area contributed by atoms with Crippen molar-refractivity contribution >= 4 is 16.8 Å². The fraction of sp³-hybridized carbons (Fsp3) is 0.375. The smallest absolute Gasteiger partial charge is 0.261 e. The molecule has 0 fully saturated rings. The molecule has 32 heavy (non-hydrogen) atoms. The zero-order valence-electron chi connectivity index (χ0n) is 18.7. The predicted octanol–water partition coefficient (Wildman–Crippen LogP) is 1.87. The highest BCUT2D eigenvalue weighted by molar-refractivity contribution is 5.97. The van der Waals surface area contributed by atoms with E-state index in [0.717, 1.165) is 24.5 Å². The molecule has 0 saturated carbocycles. The lowest BCUT2D eigenvalue weighted by Crippen LogP contribution is -2.28. The summed E-state index contributed by atoms with van der Waals surface area (Å²) in [5.74, 6) is 1.92. The molecule has 0 radical (unpaired) electrons. The summed E-state index contributed by atoms with van der Waals surface area (Å²) >= 11 is 0. The quantitative estimate of drug-likeness (QED) is 0.635. The van der Waals surface area contributed by atoms with E-state index in [4.69, 9.17) is 14.5 Å². The molecule has 1 amide bonds. The molecular formula is C24H28N4O4. The van der Waals surface area contributed by atoms with Gasteiger partial charge in [-0.15, -0.1) is 0 Å². The maximum Gasteiger partial charge on any atom is 0.261 e. The van der Waals surface area contributed by atoms with Gasteiger partial charge in [-0.25, -0.2) is 4.98 Å². The summed E-state index contributed by atoms with van der Waals surface area (Å²) in [6.07, 6.45) is 1.36. The van der Waals surface area contributed by atoms with Crippen LogP contribution in [-0.2, 0) is 19.4 Å². The van der Waals surface area contributed by atoms with Crippen LogP contribution in [0.15, 0.2) is 41.2 Å². The van der Waals surface area contributed by atoms with Crippen LogP contribution in [0.25, 0.3) is 10.9 Å². The first-order valence-corrected chi connectivity index (χ1v) is 10.7. The van der Waals surface area contributed by atoms with Crippen molar-refractivity contribution in [3.63, 3.8) is 0 Å². The number of carbonyl (C=O) groups is 1. The minimum atomic E-state index is -0.191. The molecular weight excluding hydrogens is 408 g/mol. The van der Waals surface area contributed by atoms with E-state index < -0.39 is 0 Å². The SMILES string of the molecule is COc1ccc(CCNC(=O)c2ccc3c(=O)n4c(nc3c2)CCN(C)CC4)cc1OC. The molecule has 0 unspecified atom stereocenters. The standard InChI is InChI=1S/C24H28N4O4/c1-27-11-9-22-26-19-15-17(5-6-18(19)24(30)28(22)13-12-27)23(29)25-10-8-16-4-7-20(31-2)21(14-16)32-3/h4-7,14-15H,8-13H2,1-3H3,(H,25,29). The molecule has 0 spiro atoms. The molecule has 0 saturated heterocycles. The molecule has 2 heterocycles. The van der Waals surface area contributed by atoms with Crippen LogP contribution < -0.4 is 20.3 Å². The number of amides is 1. The number of nitrogens with zero attached hydrogens (tertiary/aromatic N) is 3. The van der Waals surface area contributed by atoms with Gasteiger partial charge in [-0.05, 0) is 49.4 Å². The van der Waals surface area contributed by atoms with Crippen LogP contribution in [0.1, 0.15) is 21.7 Å². The first-order chi connectivity index (χ1) is 15.5. The van der Waals surface area contributed by atoms with Gasteiger partial charge in [0.05, 0.1) is 25.1 Å². The second kappa shape index (κ2) is 9.40. The number of nitrogens with one attached hydrogen (secondary N) is 1. The van der Waals surface area contributed by atoms with Crippen molar-refractivity contribution in [1.82, 2.24) is 19.8 Å². The summed E-state index contributed by atoms with van der Waals surface area (Å²) in [6.45, 7) is 2.78. The number of aromatic nitrogens is 2. The maximum absolute atomic E-state index is 12.9. The van der Waals surface area contributed by atoms with Gasteiger partial charge in [-0.2, -0.15) is 0 Å². The third kappa shape index (κ3) is 4.45. The Bertz CT molecular complexity index is 1200. The van der Waals surface area contributed by atoms with E-state index in [-0.39, 0.29) is 11.5 Å². The highest BCUT2D eigenvalue weighted by Gasteiger charge is 2.17. The zero-order chi connectivity index (χ0) is 22.7. The topological polar surface area (TPSA) is 85.7 Å². The Morgan fingerprint density at radius 1 is 1.06 bits per heavy atom. The lowest BCUT2D eigenvalue weighted by molar-refractivity contribution is 0.0954. The van der Waals surface area contributed by atoms with Gasteiger partial charge in [0.15, 0.2) is 11.5 Å². The second-order valence-electron chi connectivity index (χ2n) is 7.97. The molecule has 4 rings (SSSR count). The van der Waals surface area contributed by atoms with E-state index in [1.165, 1.54) is 0 Å². The lowest BCUT2D eigenvalue weighted by atomic mass is 10.1. The molecule has 3 aromatic rings.